The third kappa shape index (κ3) is 4.78. The van der Waals surface area contributed by atoms with Crippen molar-refractivity contribution in [3.63, 3.8) is 0 Å². The van der Waals surface area contributed by atoms with Gasteiger partial charge in [0.2, 0.25) is 0 Å². The maximum absolute atomic E-state index is 12.1. The average Bonchev–Trinajstić information content (AvgIpc) is 2.79. The molecule has 0 radical (unpaired) electrons. The van der Waals surface area contributed by atoms with E-state index in [1.807, 2.05) is 48.6 Å². The highest BCUT2D eigenvalue weighted by Crippen LogP contribution is 2.37. The summed E-state index contributed by atoms with van der Waals surface area (Å²) in [5.41, 5.74) is 5.78. The molecule has 2 heterocycles. The lowest BCUT2D eigenvalue weighted by molar-refractivity contribution is 0.302. The van der Waals surface area contributed by atoms with Crippen LogP contribution in [0.3, 0.4) is 0 Å². The van der Waals surface area contributed by atoms with E-state index in [0.717, 1.165) is 16.9 Å². The summed E-state index contributed by atoms with van der Waals surface area (Å²) in [5.74, 6) is 0.992. The van der Waals surface area contributed by atoms with Crippen molar-refractivity contribution in [2.24, 2.45) is 0 Å². The number of hydrogen-bond acceptors (Lipinski definition) is 3. The van der Waals surface area contributed by atoms with Crippen molar-refractivity contribution in [1.29, 1.82) is 0 Å². The van der Waals surface area contributed by atoms with Crippen molar-refractivity contribution in [1.82, 2.24) is 0 Å². The fourth-order valence-corrected chi connectivity index (χ4v) is 5.33. The number of ether oxygens (including phenoxy) is 1. The molecule has 0 atom stereocenters. The molecule has 0 saturated carbocycles. The van der Waals surface area contributed by atoms with Crippen LogP contribution in [0.2, 0.25) is 0 Å². The Kier molecular flexibility index (Phi) is 6.18. The summed E-state index contributed by atoms with van der Waals surface area (Å²) in [6, 6.07) is 16.6. The molecular formula is C26H16Br4O3. The van der Waals surface area contributed by atoms with Crippen LogP contribution in [-0.2, 0) is 6.61 Å². The third-order valence-corrected chi connectivity index (χ3v) is 7.42. The van der Waals surface area contributed by atoms with Crippen LogP contribution in [0, 0.1) is 0 Å². The maximum Gasteiger partial charge on any atom is 0.343 e. The van der Waals surface area contributed by atoms with Gasteiger partial charge in [0.05, 0.1) is 5.22 Å². The van der Waals surface area contributed by atoms with E-state index in [9.17, 15) is 4.79 Å². The van der Waals surface area contributed by atoms with E-state index in [1.54, 1.807) is 6.08 Å². The first-order valence-corrected chi connectivity index (χ1v) is 13.3. The number of allylic oxidation sites excluding steroid dienone is 2. The summed E-state index contributed by atoms with van der Waals surface area (Å²) in [4.78, 5) is 12.1. The molecule has 2 aromatic carbocycles. The number of para-hydroxylation sites is 1. The quantitative estimate of drug-likeness (QED) is 0.253. The molecule has 33 heavy (non-hydrogen) atoms. The Morgan fingerprint density at radius 1 is 0.758 bits per heavy atom. The highest BCUT2D eigenvalue weighted by atomic mass is 79.9. The van der Waals surface area contributed by atoms with E-state index in [4.69, 9.17) is 9.15 Å². The normalized spacial score (nSPS) is 17.5. The van der Waals surface area contributed by atoms with Gasteiger partial charge < -0.3 is 9.15 Å². The largest absolute Gasteiger partial charge is 0.488 e. The Bertz CT molecular complexity index is 1450. The molecule has 0 fully saturated rings. The Labute approximate surface area is 224 Å². The molecular weight excluding hydrogens is 680 g/mol. The van der Waals surface area contributed by atoms with E-state index >= 15 is 0 Å². The van der Waals surface area contributed by atoms with Crippen LogP contribution >= 0.6 is 63.7 Å². The molecule has 3 aliphatic rings. The summed E-state index contributed by atoms with van der Waals surface area (Å²) >= 11 is 13.9. The minimum absolute atomic E-state index is 0.344. The lowest BCUT2D eigenvalue weighted by atomic mass is 9.97. The Hall–Kier alpha value is -1.67. The summed E-state index contributed by atoms with van der Waals surface area (Å²) in [6.45, 7) is 0.688. The number of benzene rings is 2. The van der Waals surface area contributed by atoms with Crippen LogP contribution in [0.4, 0.5) is 0 Å². The molecule has 1 aliphatic heterocycles. The van der Waals surface area contributed by atoms with Gasteiger partial charge in [-0.05, 0) is 34.9 Å². The fourth-order valence-electron chi connectivity index (χ4n) is 3.92. The van der Waals surface area contributed by atoms with Gasteiger partial charge in [-0.25, -0.2) is 4.79 Å². The van der Waals surface area contributed by atoms with Crippen molar-refractivity contribution in [2.75, 3.05) is 0 Å². The van der Waals surface area contributed by atoms with Crippen LogP contribution in [0.5, 0.6) is 5.75 Å². The van der Waals surface area contributed by atoms with Crippen LogP contribution in [0.15, 0.2) is 69.9 Å². The van der Waals surface area contributed by atoms with Crippen LogP contribution in [0.25, 0.3) is 35.4 Å². The molecule has 1 aromatic heterocycles. The van der Waals surface area contributed by atoms with Gasteiger partial charge in [0.15, 0.2) is 0 Å². The third-order valence-electron chi connectivity index (χ3n) is 5.45. The van der Waals surface area contributed by atoms with Crippen LogP contribution in [0.1, 0.15) is 16.7 Å². The van der Waals surface area contributed by atoms with E-state index in [-0.39, 0.29) is 5.63 Å². The SMILES string of the molecule is O=c1oc2c(c3c1=CC(Br)(Br)C=C3)C=CC(Br)(Br)C=2.c1ccc2c(c1)COc1ccccc1-2. The number of alkyl halides is 4. The molecule has 0 N–H and O–H groups in total. The number of rotatable bonds is 0. The van der Waals surface area contributed by atoms with Crippen molar-refractivity contribution in [2.45, 2.75) is 13.1 Å². The highest BCUT2D eigenvalue weighted by molar-refractivity contribution is 9.26. The monoisotopic (exact) mass is 692 g/mol. The standard InChI is InChI=1S/C13H6Br4O2.C13H10O/c14-12(15)3-1-7-8-2-4-13(16,17)6-10(8)19-11(18)9(7)5-12;1-2-6-11-10(5-1)9-14-13-8-4-3-7-12(11)13/h1-6H;1-8H,9H2. The van der Waals surface area contributed by atoms with Crippen LogP contribution < -0.4 is 21.0 Å². The Morgan fingerprint density at radius 3 is 2.18 bits per heavy atom. The molecule has 7 heteroatoms. The predicted octanol–water partition coefficient (Wildman–Crippen LogP) is 6.47. The second-order valence-corrected chi connectivity index (χ2v) is 15.1. The van der Waals surface area contributed by atoms with Crippen molar-refractivity contribution >= 4 is 88.0 Å². The molecule has 3 nitrogen and oxygen atoms in total. The zero-order chi connectivity index (χ0) is 23.2. The zero-order valence-electron chi connectivity index (χ0n) is 17.0. The molecule has 0 amide bonds. The lowest BCUT2D eigenvalue weighted by Crippen LogP contribution is -2.37. The number of fused-ring (bicyclic) bond motifs is 6. The molecule has 166 valence electrons. The topological polar surface area (TPSA) is 39.4 Å². The molecule has 0 bridgehead atoms. The molecule has 0 saturated heterocycles. The van der Waals surface area contributed by atoms with Gasteiger partial charge in [-0.15, -0.1) is 0 Å². The summed E-state index contributed by atoms with van der Waals surface area (Å²) < 4.78 is 10.1. The summed E-state index contributed by atoms with van der Waals surface area (Å²) in [7, 11) is 0. The average molecular weight is 696 g/mol. The maximum atomic E-state index is 12.1. The number of hydrogen-bond donors (Lipinski definition) is 0. The molecule has 0 unspecified atom stereocenters. The smallest absolute Gasteiger partial charge is 0.343 e. The summed E-state index contributed by atoms with van der Waals surface area (Å²) in [6.07, 6.45) is 11.4. The Morgan fingerprint density at radius 2 is 1.39 bits per heavy atom. The fraction of sp³-hybridized carbons (Fsp3) is 0.115. The first kappa shape index (κ1) is 23.1. The molecule has 6 rings (SSSR count). The van der Waals surface area contributed by atoms with Gasteiger partial charge >= 0.3 is 5.63 Å². The van der Waals surface area contributed by atoms with Gasteiger partial charge in [0.25, 0.3) is 0 Å². The van der Waals surface area contributed by atoms with Gasteiger partial charge in [0.1, 0.15) is 24.2 Å². The van der Waals surface area contributed by atoms with Crippen molar-refractivity contribution in [3.05, 3.63) is 98.4 Å². The summed E-state index contributed by atoms with van der Waals surface area (Å²) in [5, 5.41) is 0.560. The van der Waals surface area contributed by atoms with Gasteiger partial charge in [-0.2, -0.15) is 0 Å². The van der Waals surface area contributed by atoms with E-state index in [0.29, 0.717) is 17.2 Å². The predicted molar refractivity (Wildman–Crippen MR) is 149 cm³/mol. The Balaban J connectivity index is 0.000000144. The van der Waals surface area contributed by atoms with E-state index in [2.05, 4.69) is 94.1 Å². The first-order chi connectivity index (χ1) is 15.7. The van der Waals surface area contributed by atoms with E-state index < -0.39 is 6.47 Å². The van der Waals surface area contributed by atoms with Gasteiger partial charge in [0, 0.05) is 11.1 Å². The van der Waals surface area contributed by atoms with Crippen molar-refractivity contribution in [3.8, 4) is 16.9 Å². The minimum Gasteiger partial charge on any atom is -0.488 e. The molecule has 0 spiro atoms. The van der Waals surface area contributed by atoms with Gasteiger partial charge in [-0.1, -0.05) is 130 Å². The molecule has 2 aliphatic carbocycles. The second-order valence-electron chi connectivity index (χ2n) is 7.74. The molecule has 3 aromatic rings. The van der Waals surface area contributed by atoms with Crippen molar-refractivity contribution < 1.29 is 9.15 Å². The zero-order valence-corrected chi connectivity index (χ0v) is 23.4. The highest BCUT2D eigenvalue weighted by Gasteiger charge is 2.25. The second kappa shape index (κ2) is 8.84. The van der Waals surface area contributed by atoms with Gasteiger partial charge in [-0.3, -0.25) is 0 Å². The van der Waals surface area contributed by atoms with E-state index in [1.165, 1.54) is 16.7 Å². The first-order valence-electron chi connectivity index (χ1n) is 10.1. The lowest BCUT2D eigenvalue weighted by Gasteiger charge is -2.20. The van der Waals surface area contributed by atoms with Crippen LogP contribution in [-0.4, -0.2) is 6.47 Å². The minimum atomic E-state index is -0.493. The number of halogens is 4.